The number of carbonyl (C=O) groups is 1. The monoisotopic (exact) mass is 366 g/mol. The molecule has 0 bridgehead atoms. The summed E-state index contributed by atoms with van der Waals surface area (Å²) in [5.41, 5.74) is 2.97. The lowest BCUT2D eigenvalue weighted by molar-refractivity contribution is -0.114. The van der Waals surface area contributed by atoms with Crippen LogP contribution in [0.25, 0.3) is 0 Å². The summed E-state index contributed by atoms with van der Waals surface area (Å²) in [4.78, 5) is 11.8. The summed E-state index contributed by atoms with van der Waals surface area (Å²) in [5.74, 6) is -0.0532. The highest BCUT2D eigenvalue weighted by molar-refractivity contribution is 14.1. The Labute approximate surface area is 126 Å². The summed E-state index contributed by atoms with van der Waals surface area (Å²) in [6.45, 7) is 2.29. The molecule has 2 aromatic carbocycles. The van der Waals surface area contributed by atoms with E-state index in [9.17, 15) is 4.79 Å². The lowest BCUT2D eigenvalue weighted by Gasteiger charge is -2.08. The highest BCUT2D eigenvalue weighted by atomic mass is 127. The highest BCUT2D eigenvalue weighted by Crippen LogP contribution is 2.12. The number of amides is 1. The van der Waals surface area contributed by atoms with E-state index in [1.165, 1.54) is 5.56 Å². The van der Waals surface area contributed by atoms with Gasteiger partial charge in [-0.25, -0.2) is 0 Å². The van der Waals surface area contributed by atoms with Crippen molar-refractivity contribution in [3.8, 4) is 0 Å². The number of rotatable bonds is 4. The van der Waals surface area contributed by atoms with Crippen LogP contribution in [0, 0.1) is 10.5 Å². The van der Waals surface area contributed by atoms with Crippen molar-refractivity contribution in [2.24, 2.45) is 0 Å². The number of hydrogen-bond donors (Lipinski definition) is 2. The summed E-state index contributed by atoms with van der Waals surface area (Å²) in [6.07, 6.45) is 0. The zero-order chi connectivity index (χ0) is 13.7. The van der Waals surface area contributed by atoms with Gasteiger partial charge in [0.2, 0.25) is 5.91 Å². The number of aryl methyl sites for hydroxylation is 1. The fourth-order valence-corrected chi connectivity index (χ4v) is 2.17. The second-order valence-corrected chi connectivity index (χ2v) is 5.52. The number of hydrogen-bond acceptors (Lipinski definition) is 2. The van der Waals surface area contributed by atoms with Gasteiger partial charge in [0.25, 0.3) is 0 Å². The van der Waals surface area contributed by atoms with E-state index >= 15 is 0 Å². The van der Waals surface area contributed by atoms with E-state index < -0.39 is 0 Å². The van der Waals surface area contributed by atoms with Crippen molar-refractivity contribution in [1.29, 1.82) is 0 Å². The Morgan fingerprint density at radius 1 is 1.11 bits per heavy atom. The Morgan fingerprint density at radius 2 is 1.84 bits per heavy atom. The van der Waals surface area contributed by atoms with Gasteiger partial charge in [-0.05, 0) is 59.8 Å². The summed E-state index contributed by atoms with van der Waals surface area (Å²) in [5, 5.41) is 5.95. The molecule has 0 saturated carbocycles. The lowest BCUT2D eigenvalue weighted by atomic mass is 10.2. The third-order valence-electron chi connectivity index (χ3n) is 2.61. The fourth-order valence-electron chi connectivity index (χ4n) is 1.63. The Bertz CT molecular complexity index is 567. The Hall–Kier alpha value is -1.56. The lowest BCUT2D eigenvalue weighted by Crippen LogP contribution is -2.21. The summed E-state index contributed by atoms with van der Waals surface area (Å²) in [7, 11) is 0. The van der Waals surface area contributed by atoms with Gasteiger partial charge < -0.3 is 10.6 Å². The van der Waals surface area contributed by atoms with E-state index in [4.69, 9.17) is 0 Å². The van der Waals surface area contributed by atoms with Gasteiger partial charge in [-0.1, -0.05) is 23.8 Å². The molecule has 4 heteroatoms. The number of nitrogens with one attached hydrogen (secondary N) is 2. The first-order valence-corrected chi connectivity index (χ1v) is 7.07. The third kappa shape index (κ3) is 4.55. The van der Waals surface area contributed by atoms with Gasteiger partial charge in [0.1, 0.15) is 0 Å². The van der Waals surface area contributed by atoms with Gasteiger partial charge >= 0.3 is 0 Å². The molecule has 0 unspecified atom stereocenters. The van der Waals surface area contributed by atoms with Gasteiger partial charge in [0.15, 0.2) is 0 Å². The molecular formula is C15H15IN2O. The van der Waals surface area contributed by atoms with Crippen LogP contribution in [0.3, 0.4) is 0 Å². The van der Waals surface area contributed by atoms with Gasteiger partial charge in [-0.3, -0.25) is 4.79 Å². The zero-order valence-corrected chi connectivity index (χ0v) is 12.8. The van der Waals surface area contributed by atoms with Crippen LogP contribution in [0.5, 0.6) is 0 Å². The Kier molecular flexibility index (Phi) is 4.79. The van der Waals surface area contributed by atoms with E-state index in [2.05, 4.69) is 33.2 Å². The summed E-state index contributed by atoms with van der Waals surface area (Å²) >= 11 is 2.22. The van der Waals surface area contributed by atoms with Crippen LogP contribution in [0.1, 0.15) is 5.56 Å². The Morgan fingerprint density at radius 3 is 2.53 bits per heavy atom. The molecule has 2 rings (SSSR count). The SMILES string of the molecule is Cc1ccc(NCC(=O)Nc2cccc(I)c2)cc1. The molecule has 3 nitrogen and oxygen atoms in total. The summed E-state index contributed by atoms with van der Waals surface area (Å²) < 4.78 is 1.10. The quantitative estimate of drug-likeness (QED) is 0.812. The van der Waals surface area contributed by atoms with Crippen molar-refractivity contribution in [3.05, 3.63) is 57.7 Å². The van der Waals surface area contributed by atoms with Crippen molar-refractivity contribution >= 4 is 39.9 Å². The molecule has 0 heterocycles. The van der Waals surface area contributed by atoms with Crippen molar-refractivity contribution in [1.82, 2.24) is 0 Å². The molecule has 1 amide bonds. The topological polar surface area (TPSA) is 41.1 Å². The van der Waals surface area contributed by atoms with Crippen LogP contribution in [0.4, 0.5) is 11.4 Å². The maximum Gasteiger partial charge on any atom is 0.243 e. The van der Waals surface area contributed by atoms with E-state index in [1.807, 2.05) is 55.5 Å². The van der Waals surface area contributed by atoms with E-state index in [1.54, 1.807) is 0 Å². The van der Waals surface area contributed by atoms with E-state index in [0.717, 1.165) is 14.9 Å². The number of halogens is 1. The van der Waals surface area contributed by atoms with Gasteiger partial charge in [0.05, 0.1) is 6.54 Å². The molecule has 0 aliphatic heterocycles. The van der Waals surface area contributed by atoms with Crippen molar-refractivity contribution in [2.45, 2.75) is 6.92 Å². The standard InChI is InChI=1S/C15H15IN2O/c1-11-5-7-13(8-6-11)17-10-15(19)18-14-4-2-3-12(16)9-14/h2-9,17H,10H2,1H3,(H,18,19). The molecule has 0 spiro atoms. The van der Waals surface area contributed by atoms with Crippen LogP contribution < -0.4 is 10.6 Å². The molecule has 2 aromatic rings. The van der Waals surface area contributed by atoms with Crippen LogP contribution in [-0.2, 0) is 4.79 Å². The molecule has 19 heavy (non-hydrogen) atoms. The predicted molar refractivity (Wildman–Crippen MR) is 87.5 cm³/mol. The molecular weight excluding hydrogens is 351 g/mol. The van der Waals surface area contributed by atoms with Gasteiger partial charge in [-0.2, -0.15) is 0 Å². The molecule has 0 radical (unpaired) electrons. The van der Waals surface area contributed by atoms with Crippen molar-refractivity contribution in [3.63, 3.8) is 0 Å². The minimum absolute atomic E-state index is 0.0532. The van der Waals surface area contributed by atoms with Crippen LogP contribution in [0.15, 0.2) is 48.5 Å². The number of benzene rings is 2. The first-order valence-electron chi connectivity index (χ1n) is 5.99. The molecule has 0 aliphatic rings. The average Bonchev–Trinajstić information content (AvgIpc) is 2.38. The molecule has 0 aliphatic carbocycles. The largest absolute Gasteiger partial charge is 0.376 e. The van der Waals surface area contributed by atoms with Crippen molar-refractivity contribution in [2.75, 3.05) is 17.2 Å². The fraction of sp³-hybridized carbons (Fsp3) is 0.133. The smallest absolute Gasteiger partial charge is 0.243 e. The van der Waals surface area contributed by atoms with Crippen molar-refractivity contribution < 1.29 is 4.79 Å². The average molecular weight is 366 g/mol. The van der Waals surface area contributed by atoms with Gasteiger partial charge in [-0.15, -0.1) is 0 Å². The third-order valence-corrected chi connectivity index (χ3v) is 3.28. The minimum atomic E-state index is -0.0532. The highest BCUT2D eigenvalue weighted by Gasteiger charge is 2.02. The van der Waals surface area contributed by atoms with E-state index in [0.29, 0.717) is 0 Å². The normalized spacial score (nSPS) is 10.0. The zero-order valence-electron chi connectivity index (χ0n) is 10.6. The predicted octanol–water partition coefficient (Wildman–Crippen LogP) is 3.65. The maximum absolute atomic E-state index is 11.8. The maximum atomic E-state index is 11.8. The molecule has 0 atom stereocenters. The van der Waals surface area contributed by atoms with Crippen LogP contribution >= 0.6 is 22.6 Å². The minimum Gasteiger partial charge on any atom is -0.376 e. The van der Waals surface area contributed by atoms with Gasteiger partial charge in [0, 0.05) is 14.9 Å². The number of anilines is 2. The second kappa shape index (κ2) is 6.56. The van der Waals surface area contributed by atoms with Crippen LogP contribution in [0.2, 0.25) is 0 Å². The first-order chi connectivity index (χ1) is 9.13. The first kappa shape index (κ1) is 13.9. The Balaban J connectivity index is 1.86. The molecule has 0 fully saturated rings. The molecule has 98 valence electrons. The molecule has 2 N–H and O–H groups in total. The van der Waals surface area contributed by atoms with Crippen LogP contribution in [-0.4, -0.2) is 12.5 Å². The number of carbonyl (C=O) groups excluding carboxylic acids is 1. The molecule has 0 saturated heterocycles. The molecule has 0 aromatic heterocycles. The van der Waals surface area contributed by atoms with E-state index in [-0.39, 0.29) is 12.5 Å². The second-order valence-electron chi connectivity index (χ2n) is 4.28. The summed E-state index contributed by atoms with van der Waals surface area (Å²) in [6, 6.07) is 15.7.